The Morgan fingerprint density at radius 2 is 1.46 bits per heavy atom. The molecule has 3 aromatic carbocycles. The molecule has 0 aliphatic carbocycles. The zero-order valence-corrected chi connectivity index (χ0v) is 14.5. The van der Waals surface area contributed by atoms with Crippen molar-refractivity contribution in [1.82, 2.24) is 5.32 Å². The Labute approximate surface area is 153 Å². The molecule has 0 bridgehead atoms. The summed E-state index contributed by atoms with van der Waals surface area (Å²) in [5.74, 6) is 1.34. The maximum atomic E-state index is 12.2. The van der Waals surface area contributed by atoms with Crippen LogP contribution < -0.4 is 15.4 Å². The average Bonchev–Trinajstić information content (AvgIpc) is 2.68. The molecule has 0 unspecified atom stereocenters. The first-order chi connectivity index (χ1) is 12.8. The van der Waals surface area contributed by atoms with Gasteiger partial charge in [0.05, 0.1) is 5.69 Å². The van der Waals surface area contributed by atoms with Gasteiger partial charge in [-0.3, -0.25) is 0 Å². The third-order valence-corrected chi connectivity index (χ3v) is 3.88. The van der Waals surface area contributed by atoms with Crippen LogP contribution in [0.2, 0.25) is 0 Å². The second-order valence-electron chi connectivity index (χ2n) is 5.88. The third kappa shape index (κ3) is 5.38. The molecule has 132 valence electrons. The Morgan fingerprint density at radius 1 is 0.808 bits per heavy atom. The molecule has 4 heteroatoms. The molecule has 4 nitrogen and oxygen atoms in total. The average molecular weight is 346 g/mol. The van der Waals surface area contributed by atoms with Gasteiger partial charge in [-0.15, -0.1) is 0 Å². The number of anilines is 1. The van der Waals surface area contributed by atoms with E-state index in [0.717, 1.165) is 18.6 Å². The molecule has 0 spiro atoms. The van der Waals surface area contributed by atoms with Crippen molar-refractivity contribution in [2.75, 3.05) is 11.9 Å². The number of hydrogen-bond donors (Lipinski definition) is 2. The molecular formula is C22H22N2O2. The molecule has 0 radical (unpaired) electrons. The number of carbonyl (C=O) groups is 1. The number of carbonyl (C=O) groups excluding carboxylic acids is 1. The number of benzene rings is 3. The van der Waals surface area contributed by atoms with E-state index >= 15 is 0 Å². The lowest BCUT2D eigenvalue weighted by Gasteiger charge is -2.13. The van der Waals surface area contributed by atoms with Crippen molar-refractivity contribution in [3.8, 4) is 11.5 Å². The van der Waals surface area contributed by atoms with Gasteiger partial charge in [0.25, 0.3) is 0 Å². The standard InChI is InChI=1S/C22H22N2O2/c25-22(23-17-9-12-18-10-3-1-4-11-18)24-20-15-7-8-16-21(20)26-19-13-5-2-6-14-19/h1-8,10-11,13-16H,9,12,17H2,(H2,23,24,25). The number of nitrogens with one attached hydrogen (secondary N) is 2. The van der Waals surface area contributed by atoms with E-state index in [-0.39, 0.29) is 6.03 Å². The number of aryl methyl sites for hydroxylation is 1. The molecule has 2 N–H and O–H groups in total. The Hall–Kier alpha value is -3.27. The lowest BCUT2D eigenvalue weighted by molar-refractivity contribution is 0.252. The van der Waals surface area contributed by atoms with Crippen LogP contribution in [0.15, 0.2) is 84.9 Å². The fourth-order valence-electron chi connectivity index (χ4n) is 2.58. The maximum Gasteiger partial charge on any atom is 0.319 e. The first kappa shape index (κ1) is 17.5. The minimum absolute atomic E-state index is 0.234. The van der Waals surface area contributed by atoms with Crippen molar-refractivity contribution in [2.45, 2.75) is 12.8 Å². The van der Waals surface area contributed by atoms with E-state index in [0.29, 0.717) is 18.0 Å². The molecule has 0 aliphatic rings. The minimum Gasteiger partial charge on any atom is -0.455 e. The number of rotatable bonds is 7. The van der Waals surface area contributed by atoms with Gasteiger partial charge < -0.3 is 15.4 Å². The molecule has 0 aliphatic heterocycles. The fourth-order valence-corrected chi connectivity index (χ4v) is 2.58. The summed E-state index contributed by atoms with van der Waals surface area (Å²) in [6, 6.07) is 26.9. The van der Waals surface area contributed by atoms with Gasteiger partial charge in [0.1, 0.15) is 5.75 Å². The zero-order chi connectivity index (χ0) is 18.0. The van der Waals surface area contributed by atoms with Crippen molar-refractivity contribution in [2.24, 2.45) is 0 Å². The monoisotopic (exact) mass is 346 g/mol. The van der Waals surface area contributed by atoms with Crippen LogP contribution in [0.4, 0.5) is 10.5 Å². The third-order valence-electron chi connectivity index (χ3n) is 3.88. The molecule has 0 saturated heterocycles. The summed E-state index contributed by atoms with van der Waals surface area (Å²) >= 11 is 0. The van der Waals surface area contributed by atoms with Gasteiger partial charge >= 0.3 is 6.03 Å². The first-order valence-electron chi connectivity index (χ1n) is 8.72. The first-order valence-corrected chi connectivity index (χ1v) is 8.72. The van der Waals surface area contributed by atoms with Crippen LogP contribution in [0.5, 0.6) is 11.5 Å². The molecule has 26 heavy (non-hydrogen) atoms. The van der Waals surface area contributed by atoms with E-state index in [1.54, 1.807) is 0 Å². The Balaban J connectivity index is 1.49. The lowest BCUT2D eigenvalue weighted by Crippen LogP contribution is -2.29. The normalized spacial score (nSPS) is 10.2. The van der Waals surface area contributed by atoms with Crippen molar-refractivity contribution < 1.29 is 9.53 Å². The van der Waals surface area contributed by atoms with E-state index in [4.69, 9.17) is 4.74 Å². The molecular weight excluding hydrogens is 324 g/mol. The predicted octanol–water partition coefficient (Wildman–Crippen LogP) is 5.23. The van der Waals surface area contributed by atoms with Crippen LogP contribution in [0.1, 0.15) is 12.0 Å². The summed E-state index contributed by atoms with van der Waals surface area (Å²) in [5.41, 5.74) is 1.91. The lowest BCUT2D eigenvalue weighted by atomic mass is 10.1. The minimum atomic E-state index is -0.234. The van der Waals surface area contributed by atoms with Gasteiger partial charge in [-0.05, 0) is 42.7 Å². The zero-order valence-electron chi connectivity index (χ0n) is 14.5. The highest BCUT2D eigenvalue weighted by atomic mass is 16.5. The van der Waals surface area contributed by atoms with E-state index in [9.17, 15) is 4.79 Å². The summed E-state index contributed by atoms with van der Waals surface area (Å²) in [6.07, 6.45) is 1.83. The van der Waals surface area contributed by atoms with Gasteiger partial charge in [0.2, 0.25) is 0 Å². The Kier molecular flexibility index (Phi) is 6.26. The number of hydrogen-bond acceptors (Lipinski definition) is 2. The summed E-state index contributed by atoms with van der Waals surface area (Å²) in [5, 5.41) is 5.74. The Bertz CT molecular complexity index is 820. The molecule has 0 heterocycles. The molecule has 3 rings (SSSR count). The number of amides is 2. The van der Waals surface area contributed by atoms with Crippen LogP contribution in [-0.4, -0.2) is 12.6 Å². The fraction of sp³-hybridized carbons (Fsp3) is 0.136. The highest BCUT2D eigenvalue weighted by molar-refractivity contribution is 5.90. The van der Waals surface area contributed by atoms with Crippen molar-refractivity contribution in [1.29, 1.82) is 0 Å². The molecule has 2 amide bonds. The molecule has 0 aromatic heterocycles. The van der Waals surface area contributed by atoms with Gasteiger partial charge in [0.15, 0.2) is 5.75 Å². The number of ether oxygens (including phenoxy) is 1. The van der Waals surface area contributed by atoms with Crippen LogP contribution in [0, 0.1) is 0 Å². The van der Waals surface area contributed by atoms with Gasteiger partial charge in [0, 0.05) is 6.54 Å². The van der Waals surface area contributed by atoms with E-state index in [2.05, 4.69) is 22.8 Å². The quantitative estimate of drug-likeness (QED) is 0.575. The predicted molar refractivity (Wildman–Crippen MR) is 105 cm³/mol. The summed E-state index contributed by atoms with van der Waals surface area (Å²) < 4.78 is 5.85. The van der Waals surface area contributed by atoms with Gasteiger partial charge in [-0.2, -0.15) is 0 Å². The summed E-state index contributed by atoms with van der Waals surface area (Å²) in [4.78, 5) is 12.2. The summed E-state index contributed by atoms with van der Waals surface area (Å²) in [7, 11) is 0. The number of urea groups is 1. The van der Waals surface area contributed by atoms with Gasteiger partial charge in [-0.1, -0.05) is 60.7 Å². The van der Waals surface area contributed by atoms with E-state index < -0.39 is 0 Å². The smallest absolute Gasteiger partial charge is 0.319 e. The van der Waals surface area contributed by atoms with Crippen LogP contribution in [0.25, 0.3) is 0 Å². The maximum absolute atomic E-state index is 12.2. The highest BCUT2D eigenvalue weighted by Crippen LogP contribution is 2.28. The second kappa shape index (κ2) is 9.28. The van der Waals surface area contributed by atoms with Crippen molar-refractivity contribution in [3.63, 3.8) is 0 Å². The van der Waals surface area contributed by atoms with Crippen molar-refractivity contribution >= 4 is 11.7 Å². The highest BCUT2D eigenvalue weighted by Gasteiger charge is 2.07. The largest absolute Gasteiger partial charge is 0.455 e. The van der Waals surface area contributed by atoms with E-state index in [1.165, 1.54) is 5.56 Å². The van der Waals surface area contributed by atoms with E-state index in [1.807, 2.05) is 72.8 Å². The van der Waals surface area contributed by atoms with Crippen LogP contribution in [-0.2, 0) is 6.42 Å². The van der Waals surface area contributed by atoms with Crippen LogP contribution >= 0.6 is 0 Å². The van der Waals surface area contributed by atoms with Crippen molar-refractivity contribution in [3.05, 3.63) is 90.5 Å². The molecule has 3 aromatic rings. The number of para-hydroxylation sites is 3. The molecule has 0 atom stereocenters. The second-order valence-corrected chi connectivity index (χ2v) is 5.88. The SMILES string of the molecule is O=C(NCCCc1ccccc1)Nc1ccccc1Oc1ccccc1. The topological polar surface area (TPSA) is 50.4 Å². The van der Waals surface area contributed by atoms with Gasteiger partial charge in [-0.25, -0.2) is 4.79 Å². The Morgan fingerprint density at radius 3 is 2.23 bits per heavy atom. The molecule has 0 fully saturated rings. The molecule has 0 saturated carbocycles. The van der Waals surface area contributed by atoms with Crippen LogP contribution in [0.3, 0.4) is 0 Å². The summed E-state index contributed by atoms with van der Waals surface area (Å²) in [6.45, 7) is 0.614.